The molecule has 104 valence electrons. The molecule has 17 heavy (non-hydrogen) atoms. The van der Waals surface area contributed by atoms with E-state index in [-0.39, 0.29) is 0 Å². The Hall–Kier alpha value is 0.748. The minimum atomic E-state index is -1.97. The molecule has 0 atom stereocenters. The molecular weight excluding hydrogens is 276 g/mol. The van der Waals surface area contributed by atoms with Gasteiger partial charge in [-0.3, -0.25) is 0 Å². The summed E-state index contributed by atoms with van der Waals surface area (Å²) >= 11 is 0. The summed E-state index contributed by atoms with van der Waals surface area (Å²) in [4.78, 5) is 0. The van der Waals surface area contributed by atoms with Gasteiger partial charge in [0.15, 0.2) is 8.32 Å². The van der Waals surface area contributed by atoms with Crippen molar-refractivity contribution in [3.05, 3.63) is 0 Å². The number of hydrogen-bond acceptors (Lipinski definition) is 3. The summed E-state index contributed by atoms with van der Waals surface area (Å²) in [7, 11) is -6.13. The van der Waals surface area contributed by atoms with Crippen molar-refractivity contribution in [1.82, 2.24) is 9.30 Å². The summed E-state index contributed by atoms with van der Waals surface area (Å²) in [5.74, 6) is 0. The Morgan fingerprint density at radius 2 is 0.882 bits per heavy atom. The van der Waals surface area contributed by atoms with Crippen molar-refractivity contribution in [1.29, 1.82) is 0 Å². The average molecular weight is 309 g/mol. The standard InChI is InChI=1S/C10H32N2OSi4/c1-14(2,3)11-17(10,12-15(4,5)6)13-16(7,8)9/h11-12H,1-10H3. The molecule has 0 aliphatic carbocycles. The molecular formula is C10H32N2OSi4. The van der Waals surface area contributed by atoms with Crippen LogP contribution in [-0.4, -0.2) is 33.4 Å². The molecule has 0 aliphatic rings. The molecule has 7 heteroatoms. The molecule has 0 amide bonds. The lowest BCUT2D eigenvalue weighted by molar-refractivity contribution is 0.526. The first-order valence-electron chi connectivity index (χ1n) is 6.41. The molecule has 0 bridgehead atoms. The molecule has 3 nitrogen and oxygen atoms in total. The van der Waals surface area contributed by atoms with Crippen LogP contribution in [0.4, 0.5) is 0 Å². The molecule has 0 saturated heterocycles. The fraction of sp³-hybridized carbons (Fsp3) is 1.00. The third kappa shape index (κ3) is 10.4. The second-order valence-electron chi connectivity index (χ2n) is 8.00. The minimum absolute atomic E-state index is 1.32. The smallest absolute Gasteiger partial charge is 0.324 e. The maximum absolute atomic E-state index is 6.50. The lowest BCUT2D eigenvalue weighted by Crippen LogP contribution is -2.75. The van der Waals surface area contributed by atoms with Crippen LogP contribution in [0.25, 0.3) is 0 Å². The van der Waals surface area contributed by atoms with Crippen molar-refractivity contribution in [2.75, 3.05) is 0 Å². The third-order valence-corrected chi connectivity index (χ3v) is 15.6. The van der Waals surface area contributed by atoms with Gasteiger partial charge in [0.1, 0.15) is 16.5 Å². The zero-order valence-electron chi connectivity index (χ0n) is 13.4. The molecule has 0 rings (SSSR count). The van der Waals surface area contributed by atoms with Crippen LogP contribution in [0.3, 0.4) is 0 Å². The Morgan fingerprint density at radius 1 is 0.588 bits per heavy atom. The topological polar surface area (TPSA) is 33.3 Å². The van der Waals surface area contributed by atoms with Gasteiger partial charge < -0.3 is 13.4 Å². The average Bonchev–Trinajstić information content (AvgIpc) is 1.65. The molecule has 0 saturated carbocycles. The second kappa shape index (κ2) is 5.39. The molecule has 2 N–H and O–H groups in total. The maximum atomic E-state index is 6.50. The van der Waals surface area contributed by atoms with Gasteiger partial charge in [0.25, 0.3) is 0 Å². The van der Waals surface area contributed by atoms with Crippen LogP contribution in [0.1, 0.15) is 0 Å². The summed E-state index contributed by atoms with van der Waals surface area (Å²) in [5.41, 5.74) is 0. The number of nitrogens with one attached hydrogen (secondary N) is 2. The van der Waals surface area contributed by atoms with E-state index in [9.17, 15) is 0 Å². The van der Waals surface area contributed by atoms with Crippen molar-refractivity contribution in [2.45, 2.75) is 65.5 Å². The monoisotopic (exact) mass is 308 g/mol. The van der Waals surface area contributed by atoms with E-state index in [0.29, 0.717) is 0 Å². The van der Waals surface area contributed by atoms with Gasteiger partial charge >= 0.3 is 8.64 Å². The van der Waals surface area contributed by atoms with Gasteiger partial charge in [-0.2, -0.15) is 0 Å². The van der Waals surface area contributed by atoms with Crippen molar-refractivity contribution >= 4 is 33.4 Å². The van der Waals surface area contributed by atoms with Crippen LogP contribution < -0.4 is 9.30 Å². The molecule has 0 aromatic rings. The maximum Gasteiger partial charge on any atom is 0.324 e. The van der Waals surface area contributed by atoms with E-state index < -0.39 is 33.4 Å². The van der Waals surface area contributed by atoms with Gasteiger partial charge in [0, 0.05) is 0 Å². The summed E-state index contributed by atoms with van der Waals surface area (Å²) < 4.78 is 14.2. The zero-order valence-corrected chi connectivity index (χ0v) is 17.4. The van der Waals surface area contributed by atoms with Crippen LogP contribution in [0, 0.1) is 0 Å². The Kier molecular flexibility index (Phi) is 5.63. The summed E-state index contributed by atoms with van der Waals surface area (Å²) in [6, 6.07) is 0. The van der Waals surface area contributed by atoms with Gasteiger partial charge in [-0.1, -0.05) is 39.3 Å². The highest BCUT2D eigenvalue weighted by molar-refractivity contribution is 6.97. The molecule has 0 heterocycles. The SMILES string of the molecule is C[Si](C)(C)N[Si](C)(N[Si](C)(C)C)O[Si](C)(C)C. The minimum Gasteiger partial charge on any atom is -0.434 e. The van der Waals surface area contributed by atoms with Crippen LogP contribution in [0.2, 0.25) is 65.5 Å². The molecule has 0 aromatic carbocycles. The van der Waals surface area contributed by atoms with Crippen molar-refractivity contribution < 1.29 is 4.12 Å². The van der Waals surface area contributed by atoms with Crippen LogP contribution in [0.15, 0.2) is 0 Å². The van der Waals surface area contributed by atoms with Crippen molar-refractivity contribution in [2.24, 2.45) is 0 Å². The molecule has 0 radical (unpaired) electrons. The van der Waals surface area contributed by atoms with Crippen LogP contribution in [-0.2, 0) is 4.12 Å². The summed E-state index contributed by atoms with van der Waals surface area (Å²) in [6.45, 7) is 23.2. The normalized spacial score (nSPS) is 15.2. The van der Waals surface area contributed by atoms with Crippen LogP contribution in [0.5, 0.6) is 0 Å². The largest absolute Gasteiger partial charge is 0.434 e. The second-order valence-corrected chi connectivity index (χ2v) is 26.1. The molecule has 0 aromatic heterocycles. The number of hydrogen-bond donors (Lipinski definition) is 2. The predicted molar refractivity (Wildman–Crippen MR) is 89.0 cm³/mol. The van der Waals surface area contributed by atoms with E-state index in [1.54, 1.807) is 0 Å². The van der Waals surface area contributed by atoms with Gasteiger partial charge in [-0.15, -0.1) is 0 Å². The van der Waals surface area contributed by atoms with Gasteiger partial charge in [0.2, 0.25) is 0 Å². The van der Waals surface area contributed by atoms with Crippen molar-refractivity contribution in [3.63, 3.8) is 0 Å². The first-order chi connectivity index (χ1) is 7.12. The highest BCUT2D eigenvalue weighted by atomic mass is 28.5. The van der Waals surface area contributed by atoms with Gasteiger partial charge in [0.05, 0.1) is 0 Å². The van der Waals surface area contributed by atoms with E-state index in [2.05, 4.69) is 74.8 Å². The highest BCUT2D eigenvalue weighted by Crippen LogP contribution is 2.14. The van der Waals surface area contributed by atoms with Gasteiger partial charge in [-0.25, -0.2) is 0 Å². The van der Waals surface area contributed by atoms with Gasteiger partial charge in [-0.05, 0) is 26.2 Å². The first kappa shape index (κ1) is 17.7. The Labute approximate surface area is 112 Å². The van der Waals surface area contributed by atoms with E-state index in [1.165, 1.54) is 0 Å². The Balaban J connectivity index is 4.95. The fourth-order valence-corrected chi connectivity index (χ4v) is 20.6. The lowest BCUT2D eigenvalue weighted by Gasteiger charge is -2.42. The fourth-order valence-electron chi connectivity index (χ4n) is 2.13. The highest BCUT2D eigenvalue weighted by Gasteiger charge is 2.41. The first-order valence-corrected chi connectivity index (χ1v) is 19.2. The van der Waals surface area contributed by atoms with E-state index in [4.69, 9.17) is 4.12 Å². The van der Waals surface area contributed by atoms with E-state index >= 15 is 0 Å². The summed E-state index contributed by atoms with van der Waals surface area (Å²) in [6.07, 6.45) is 0. The molecule has 0 spiro atoms. The third-order valence-electron chi connectivity index (χ3n) is 1.74. The van der Waals surface area contributed by atoms with E-state index in [0.717, 1.165) is 0 Å². The quantitative estimate of drug-likeness (QED) is 0.739. The molecule has 0 aliphatic heterocycles. The van der Waals surface area contributed by atoms with Crippen LogP contribution >= 0.6 is 0 Å². The Morgan fingerprint density at radius 3 is 1.06 bits per heavy atom. The zero-order chi connectivity index (χ0) is 14.1. The van der Waals surface area contributed by atoms with Crippen molar-refractivity contribution in [3.8, 4) is 0 Å². The summed E-state index contributed by atoms with van der Waals surface area (Å²) in [5, 5.41) is 0. The molecule has 0 fully saturated rings. The number of rotatable bonds is 6. The lowest BCUT2D eigenvalue weighted by atomic mass is 11.8. The van der Waals surface area contributed by atoms with E-state index in [1.807, 2.05) is 0 Å². The predicted octanol–water partition coefficient (Wildman–Crippen LogP) is 3.26. The Bertz CT molecular complexity index is 212. The molecule has 0 unspecified atom stereocenters.